The van der Waals surface area contributed by atoms with Crippen LogP contribution in [0, 0.1) is 17.8 Å². The number of nitrogens with zero attached hydrogens (tertiary/aromatic N) is 1. The minimum absolute atomic E-state index is 0.222. The zero-order valence-electron chi connectivity index (χ0n) is 9.15. The number of aliphatic hydroxyl groups is 1. The first-order chi connectivity index (χ1) is 7.56. The van der Waals surface area contributed by atoms with Crippen molar-refractivity contribution in [3.63, 3.8) is 0 Å². The fourth-order valence-electron chi connectivity index (χ4n) is 4.03. The summed E-state index contributed by atoms with van der Waals surface area (Å²) in [5, 5.41) is 14.9. The number of hydrogen-bond donors (Lipinski definition) is 3. The molecule has 4 saturated carbocycles. The molecule has 0 saturated heterocycles. The molecule has 4 fully saturated rings. The second-order valence-electron chi connectivity index (χ2n) is 5.58. The van der Waals surface area contributed by atoms with Gasteiger partial charge in [0.1, 0.15) is 0 Å². The molecule has 5 heteroatoms. The number of hydrazone groups is 1. The number of nitrogens with two attached hydrogens (primary N) is 1. The maximum Gasteiger partial charge on any atom is 0.184 e. The summed E-state index contributed by atoms with van der Waals surface area (Å²) in [6.45, 7) is 0. The molecular weight excluding hydrogens is 222 g/mol. The summed E-state index contributed by atoms with van der Waals surface area (Å²) < 4.78 is 0. The largest absolute Gasteiger partial charge is 0.390 e. The first-order valence-corrected chi connectivity index (χ1v) is 6.32. The lowest BCUT2D eigenvalue weighted by atomic mass is 9.53. The number of rotatable bonds is 1. The molecule has 0 heterocycles. The van der Waals surface area contributed by atoms with Gasteiger partial charge in [0, 0.05) is 17.5 Å². The van der Waals surface area contributed by atoms with E-state index in [1.165, 1.54) is 18.6 Å². The van der Waals surface area contributed by atoms with Crippen LogP contribution in [0.25, 0.3) is 0 Å². The molecule has 4 rings (SSSR count). The quantitative estimate of drug-likeness (QED) is 0.466. The second-order valence-corrected chi connectivity index (χ2v) is 6.02. The van der Waals surface area contributed by atoms with Crippen LogP contribution >= 0.6 is 12.2 Å². The Morgan fingerprint density at radius 3 is 2.50 bits per heavy atom. The molecule has 88 valence electrons. The van der Waals surface area contributed by atoms with E-state index in [2.05, 4.69) is 10.5 Å². The predicted molar refractivity (Wildman–Crippen MR) is 65.9 cm³/mol. The molecule has 0 radical (unpaired) electrons. The van der Waals surface area contributed by atoms with E-state index >= 15 is 0 Å². The van der Waals surface area contributed by atoms with Gasteiger partial charge in [0.25, 0.3) is 0 Å². The Labute approximate surface area is 100 Å². The second kappa shape index (κ2) is 3.40. The van der Waals surface area contributed by atoms with Crippen LogP contribution in [0.4, 0.5) is 0 Å². The molecule has 4 aliphatic rings. The third-order valence-electron chi connectivity index (χ3n) is 4.29. The van der Waals surface area contributed by atoms with Gasteiger partial charge in [-0.2, -0.15) is 5.10 Å². The Kier molecular flexibility index (Phi) is 2.23. The van der Waals surface area contributed by atoms with Gasteiger partial charge < -0.3 is 10.8 Å². The number of nitrogens with one attached hydrogen (secondary N) is 1. The van der Waals surface area contributed by atoms with Crippen molar-refractivity contribution in [1.29, 1.82) is 0 Å². The van der Waals surface area contributed by atoms with Crippen LogP contribution in [0.1, 0.15) is 32.1 Å². The number of hydrogen-bond acceptors (Lipinski definition) is 3. The summed E-state index contributed by atoms with van der Waals surface area (Å²) in [5.41, 5.74) is 8.87. The molecule has 0 aliphatic heterocycles. The average molecular weight is 239 g/mol. The molecule has 4 atom stereocenters. The van der Waals surface area contributed by atoms with E-state index in [0.29, 0.717) is 17.8 Å². The fraction of sp³-hybridized carbons (Fsp3) is 0.818. The molecule has 4 nitrogen and oxygen atoms in total. The molecule has 2 unspecified atom stereocenters. The van der Waals surface area contributed by atoms with Crippen LogP contribution in [0.15, 0.2) is 5.10 Å². The highest BCUT2D eigenvalue weighted by molar-refractivity contribution is 7.80. The summed E-state index contributed by atoms with van der Waals surface area (Å²) in [4.78, 5) is 0. The van der Waals surface area contributed by atoms with E-state index in [1.54, 1.807) is 0 Å². The normalized spacial score (nSPS) is 47.3. The Bertz CT molecular complexity index is 350. The molecule has 0 spiro atoms. The van der Waals surface area contributed by atoms with Gasteiger partial charge in [0.2, 0.25) is 0 Å². The van der Waals surface area contributed by atoms with E-state index in [4.69, 9.17) is 18.0 Å². The summed E-state index contributed by atoms with van der Waals surface area (Å²) in [6.07, 6.45) is 5.10. The summed E-state index contributed by atoms with van der Waals surface area (Å²) in [5.74, 6) is 1.59. The summed E-state index contributed by atoms with van der Waals surface area (Å²) in [6, 6.07) is 0. The Balaban J connectivity index is 1.83. The smallest absolute Gasteiger partial charge is 0.184 e. The van der Waals surface area contributed by atoms with Crippen molar-refractivity contribution in [2.45, 2.75) is 37.7 Å². The molecule has 4 bridgehead atoms. The summed E-state index contributed by atoms with van der Waals surface area (Å²) >= 11 is 4.76. The highest BCUT2D eigenvalue weighted by Crippen LogP contribution is 2.54. The predicted octanol–water partition coefficient (Wildman–Crippen LogP) is 0.747. The van der Waals surface area contributed by atoms with Crippen molar-refractivity contribution < 1.29 is 5.11 Å². The first-order valence-electron chi connectivity index (χ1n) is 5.91. The number of thiocarbonyl (C=S) groups is 1. The maximum atomic E-state index is 10.4. The molecule has 0 aromatic carbocycles. The third kappa shape index (κ3) is 1.62. The molecular formula is C11H17N3OS. The van der Waals surface area contributed by atoms with Crippen LogP contribution in [0.2, 0.25) is 0 Å². The Morgan fingerprint density at radius 2 is 2.00 bits per heavy atom. The lowest BCUT2D eigenvalue weighted by Gasteiger charge is -2.54. The summed E-state index contributed by atoms with van der Waals surface area (Å²) in [7, 11) is 0. The average Bonchev–Trinajstić information content (AvgIpc) is 2.13. The van der Waals surface area contributed by atoms with Crippen molar-refractivity contribution in [3.8, 4) is 0 Å². The van der Waals surface area contributed by atoms with Gasteiger partial charge in [-0.25, -0.2) is 0 Å². The van der Waals surface area contributed by atoms with Gasteiger partial charge in [-0.05, 0) is 50.2 Å². The topological polar surface area (TPSA) is 70.6 Å². The van der Waals surface area contributed by atoms with Crippen molar-refractivity contribution in [2.75, 3.05) is 0 Å². The van der Waals surface area contributed by atoms with Crippen molar-refractivity contribution in [2.24, 2.45) is 28.6 Å². The zero-order valence-corrected chi connectivity index (χ0v) is 9.96. The highest BCUT2D eigenvalue weighted by atomic mass is 32.1. The molecule has 0 aromatic rings. The minimum atomic E-state index is -0.404. The van der Waals surface area contributed by atoms with Crippen LogP contribution < -0.4 is 11.2 Å². The third-order valence-corrected chi connectivity index (χ3v) is 4.38. The Hall–Kier alpha value is -0.680. The molecule has 16 heavy (non-hydrogen) atoms. The standard InChI is InChI=1S/C11H17N3OS/c12-10(16)14-13-9-7-1-6-2-8(9)5-11(15,3-6)4-7/h6-8,15H,1-5H2,(H3,12,14,16)/t6?,7-,8+,11?. The van der Waals surface area contributed by atoms with Crippen LogP contribution in [0.5, 0.6) is 0 Å². The monoisotopic (exact) mass is 239 g/mol. The zero-order chi connectivity index (χ0) is 11.3. The lowest BCUT2D eigenvalue weighted by molar-refractivity contribution is -0.0825. The van der Waals surface area contributed by atoms with E-state index in [9.17, 15) is 5.11 Å². The molecule has 0 aromatic heterocycles. The Morgan fingerprint density at radius 1 is 1.38 bits per heavy atom. The van der Waals surface area contributed by atoms with Crippen molar-refractivity contribution in [1.82, 2.24) is 5.43 Å². The first kappa shape index (κ1) is 10.5. The molecule has 4 aliphatic carbocycles. The van der Waals surface area contributed by atoms with Crippen LogP contribution in [0.3, 0.4) is 0 Å². The van der Waals surface area contributed by atoms with E-state index < -0.39 is 5.60 Å². The van der Waals surface area contributed by atoms with Gasteiger partial charge in [-0.15, -0.1) is 0 Å². The van der Waals surface area contributed by atoms with Crippen molar-refractivity contribution in [3.05, 3.63) is 0 Å². The van der Waals surface area contributed by atoms with Crippen LogP contribution in [-0.4, -0.2) is 21.5 Å². The van der Waals surface area contributed by atoms with E-state index in [0.717, 1.165) is 19.3 Å². The minimum Gasteiger partial charge on any atom is -0.390 e. The highest BCUT2D eigenvalue weighted by Gasteiger charge is 2.53. The molecule has 0 amide bonds. The van der Waals surface area contributed by atoms with Gasteiger partial charge in [0.05, 0.1) is 5.60 Å². The fourth-order valence-corrected chi connectivity index (χ4v) is 4.07. The van der Waals surface area contributed by atoms with Crippen LogP contribution in [-0.2, 0) is 0 Å². The van der Waals surface area contributed by atoms with Crippen molar-refractivity contribution >= 4 is 23.0 Å². The SMILES string of the molecule is NC(=S)NN=C1[C@@H]2CC3C[C@H]1CC(O)(C3)C2. The molecule has 4 N–H and O–H groups in total. The van der Waals surface area contributed by atoms with Gasteiger partial charge in [-0.1, -0.05) is 0 Å². The van der Waals surface area contributed by atoms with Gasteiger partial charge in [0.15, 0.2) is 5.11 Å². The van der Waals surface area contributed by atoms with E-state index in [1.807, 2.05) is 0 Å². The lowest BCUT2D eigenvalue weighted by Crippen LogP contribution is -2.55. The maximum absolute atomic E-state index is 10.4. The van der Waals surface area contributed by atoms with E-state index in [-0.39, 0.29) is 5.11 Å². The van der Waals surface area contributed by atoms with Gasteiger partial charge >= 0.3 is 0 Å². The van der Waals surface area contributed by atoms with Gasteiger partial charge in [-0.3, -0.25) is 5.43 Å².